The highest BCUT2D eigenvalue weighted by Gasteiger charge is 2.15. The van der Waals surface area contributed by atoms with Crippen molar-refractivity contribution in [2.24, 2.45) is 0 Å². The highest BCUT2D eigenvalue weighted by Crippen LogP contribution is 2.10. The Morgan fingerprint density at radius 1 is 1.12 bits per heavy atom. The van der Waals surface area contributed by atoms with Gasteiger partial charge < -0.3 is 9.64 Å². The quantitative estimate of drug-likeness (QED) is 0.722. The predicted molar refractivity (Wildman–Crippen MR) is 95.8 cm³/mol. The number of likely N-dealkylation sites (N-methyl/N-ethyl adjacent to an activating group) is 1. The number of amides is 1. The van der Waals surface area contributed by atoms with Crippen molar-refractivity contribution in [2.75, 3.05) is 26.7 Å². The van der Waals surface area contributed by atoms with Crippen molar-refractivity contribution < 1.29 is 22.3 Å². The van der Waals surface area contributed by atoms with Crippen molar-refractivity contribution in [2.45, 2.75) is 11.3 Å². The Labute approximate surface area is 152 Å². The molecule has 2 aromatic carbocycles. The zero-order valence-corrected chi connectivity index (χ0v) is 15.2. The standard InChI is InChI=1S/C18H21FN2O4S/c1-21(13-14-25-16-5-3-2-4-6-16)18(22)11-12-20-26(23,24)17-9-7-15(19)8-10-17/h2-10,20H,11-14H2,1H3. The molecule has 0 spiro atoms. The minimum absolute atomic E-state index is 0.0161. The molecule has 0 unspecified atom stereocenters. The lowest BCUT2D eigenvalue weighted by Gasteiger charge is -2.17. The molecule has 140 valence electrons. The lowest BCUT2D eigenvalue weighted by Crippen LogP contribution is -2.34. The van der Waals surface area contributed by atoms with E-state index in [1.165, 1.54) is 17.0 Å². The van der Waals surface area contributed by atoms with Crippen LogP contribution in [0.15, 0.2) is 59.5 Å². The zero-order chi connectivity index (χ0) is 19.0. The summed E-state index contributed by atoms with van der Waals surface area (Å²) >= 11 is 0. The number of para-hydroxylation sites is 1. The second-order valence-corrected chi connectivity index (χ2v) is 7.35. The van der Waals surface area contributed by atoms with Crippen LogP contribution >= 0.6 is 0 Å². The van der Waals surface area contributed by atoms with E-state index in [0.717, 1.165) is 17.9 Å². The van der Waals surface area contributed by atoms with E-state index in [4.69, 9.17) is 4.74 Å². The van der Waals surface area contributed by atoms with Gasteiger partial charge in [0.2, 0.25) is 15.9 Å². The van der Waals surface area contributed by atoms with Gasteiger partial charge in [0.25, 0.3) is 0 Å². The molecule has 0 saturated heterocycles. The van der Waals surface area contributed by atoms with Gasteiger partial charge in [0.1, 0.15) is 18.2 Å². The molecule has 6 nitrogen and oxygen atoms in total. The number of rotatable bonds is 9. The van der Waals surface area contributed by atoms with Gasteiger partial charge in [-0.15, -0.1) is 0 Å². The molecule has 0 aliphatic heterocycles. The van der Waals surface area contributed by atoms with Gasteiger partial charge in [-0.25, -0.2) is 17.5 Å². The third-order valence-electron chi connectivity index (χ3n) is 3.62. The van der Waals surface area contributed by atoms with E-state index >= 15 is 0 Å². The Balaban J connectivity index is 1.72. The number of ether oxygens (including phenoxy) is 1. The van der Waals surface area contributed by atoms with Gasteiger partial charge in [0, 0.05) is 20.0 Å². The van der Waals surface area contributed by atoms with Crippen LogP contribution in [0.3, 0.4) is 0 Å². The summed E-state index contributed by atoms with van der Waals surface area (Å²) in [4.78, 5) is 13.5. The summed E-state index contributed by atoms with van der Waals surface area (Å²) in [7, 11) is -2.13. The average Bonchev–Trinajstić information content (AvgIpc) is 2.62. The molecule has 8 heteroatoms. The molecule has 0 bridgehead atoms. The molecular weight excluding hydrogens is 359 g/mol. The number of nitrogens with one attached hydrogen (secondary N) is 1. The molecule has 0 heterocycles. The molecule has 2 aromatic rings. The van der Waals surface area contributed by atoms with Crippen LogP contribution in [-0.2, 0) is 14.8 Å². The van der Waals surface area contributed by atoms with Gasteiger partial charge in [0.05, 0.1) is 11.4 Å². The van der Waals surface area contributed by atoms with Crippen molar-refractivity contribution in [3.8, 4) is 5.75 Å². The maximum Gasteiger partial charge on any atom is 0.240 e. The van der Waals surface area contributed by atoms with E-state index < -0.39 is 15.8 Å². The molecule has 2 rings (SSSR count). The summed E-state index contributed by atoms with van der Waals surface area (Å²) in [5, 5.41) is 0. The topological polar surface area (TPSA) is 75.7 Å². The van der Waals surface area contributed by atoms with Gasteiger partial charge in [0.15, 0.2) is 0 Å². The molecule has 0 saturated carbocycles. The summed E-state index contributed by atoms with van der Waals surface area (Å²) in [5.74, 6) is 0.00217. The Morgan fingerprint density at radius 3 is 2.42 bits per heavy atom. The third-order valence-corrected chi connectivity index (χ3v) is 5.10. The van der Waals surface area contributed by atoms with Gasteiger partial charge in [-0.2, -0.15) is 0 Å². The first-order chi connectivity index (χ1) is 12.4. The van der Waals surface area contributed by atoms with Crippen molar-refractivity contribution in [1.82, 2.24) is 9.62 Å². The monoisotopic (exact) mass is 380 g/mol. The molecule has 0 fully saturated rings. The maximum absolute atomic E-state index is 12.9. The van der Waals surface area contributed by atoms with Crippen LogP contribution in [0.2, 0.25) is 0 Å². The van der Waals surface area contributed by atoms with Crippen LogP contribution in [-0.4, -0.2) is 46.0 Å². The fraction of sp³-hybridized carbons (Fsp3) is 0.278. The molecule has 0 aliphatic carbocycles. The second kappa shape index (κ2) is 9.30. The number of hydrogen-bond donors (Lipinski definition) is 1. The highest BCUT2D eigenvalue weighted by molar-refractivity contribution is 7.89. The second-order valence-electron chi connectivity index (χ2n) is 5.58. The van der Waals surface area contributed by atoms with Crippen LogP contribution < -0.4 is 9.46 Å². The number of hydrogen-bond acceptors (Lipinski definition) is 4. The van der Waals surface area contributed by atoms with Crippen LogP contribution in [0.25, 0.3) is 0 Å². The van der Waals surface area contributed by atoms with Gasteiger partial charge in [-0.05, 0) is 36.4 Å². The zero-order valence-electron chi connectivity index (χ0n) is 14.4. The number of benzene rings is 2. The first-order valence-corrected chi connectivity index (χ1v) is 9.54. The average molecular weight is 380 g/mol. The molecular formula is C18H21FN2O4S. The molecule has 0 aliphatic rings. The lowest BCUT2D eigenvalue weighted by atomic mass is 10.3. The van der Waals surface area contributed by atoms with Gasteiger partial charge in [-0.1, -0.05) is 18.2 Å². The van der Waals surface area contributed by atoms with Crippen LogP contribution in [0.4, 0.5) is 4.39 Å². The molecule has 0 atom stereocenters. The summed E-state index contributed by atoms with van der Waals surface area (Å²) in [6.45, 7) is 0.689. The van der Waals surface area contributed by atoms with Crippen molar-refractivity contribution in [3.63, 3.8) is 0 Å². The SMILES string of the molecule is CN(CCOc1ccccc1)C(=O)CCNS(=O)(=O)c1ccc(F)cc1. The van der Waals surface area contributed by atoms with Crippen LogP contribution in [0.1, 0.15) is 6.42 Å². The number of nitrogens with zero attached hydrogens (tertiary/aromatic N) is 1. The summed E-state index contributed by atoms with van der Waals surface area (Å²) < 4.78 is 44.8. The molecule has 0 aromatic heterocycles. The van der Waals surface area contributed by atoms with E-state index in [-0.39, 0.29) is 23.8 Å². The number of halogens is 1. The Hall–Kier alpha value is -2.45. The third kappa shape index (κ3) is 6.12. The van der Waals surface area contributed by atoms with Crippen molar-refractivity contribution in [1.29, 1.82) is 0 Å². The fourth-order valence-corrected chi connectivity index (χ4v) is 3.15. The Kier molecular flexibility index (Phi) is 7.11. The smallest absolute Gasteiger partial charge is 0.240 e. The van der Waals surface area contributed by atoms with Gasteiger partial charge in [-0.3, -0.25) is 4.79 Å². The number of carbonyl (C=O) groups is 1. The van der Waals surface area contributed by atoms with E-state index in [1.807, 2.05) is 30.3 Å². The highest BCUT2D eigenvalue weighted by atomic mass is 32.2. The molecule has 1 amide bonds. The summed E-state index contributed by atoms with van der Waals surface area (Å²) in [5.41, 5.74) is 0. The lowest BCUT2D eigenvalue weighted by molar-refractivity contribution is -0.130. The van der Waals surface area contributed by atoms with Crippen LogP contribution in [0, 0.1) is 5.82 Å². The van der Waals surface area contributed by atoms with Crippen molar-refractivity contribution in [3.05, 3.63) is 60.4 Å². The summed E-state index contributed by atoms with van der Waals surface area (Å²) in [6, 6.07) is 13.7. The molecule has 0 radical (unpaired) electrons. The van der Waals surface area contributed by atoms with Crippen molar-refractivity contribution >= 4 is 15.9 Å². The van der Waals surface area contributed by atoms with Crippen LogP contribution in [0.5, 0.6) is 5.75 Å². The largest absolute Gasteiger partial charge is 0.492 e. The first-order valence-electron chi connectivity index (χ1n) is 8.05. The fourth-order valence-electron chi connectivity index (χ4n) is 2.12. The predicted octanol–water partition coefficient (Wildman–Crippen LogP) is 2.03. The Bertz CT molecular complexity index is 811. The normalized spacial score (nSPS) is 11.2. The summed E-state index contributed by atoms with van der Waals surface area (Å²) in [6.07, 6.45) is 0.0161. The maximum atomic E-state index is 12.9. The molecule has 26 heavy (non-hydrogen) atoms. The minimum Gasteiger partial charge on any atom is -0.492 e. The first kappa shape index (κ1) is 19.9. The van der Waals surface area contributed by atoms with E-state index in [2.05, 4.69) is 4.72 Å². The van der Waals surface area contributed by atoms with E-state index in [9.17, 15) is 17.6 Å². The number of carbonyl (C=O) groups excluding carboxylic acids is 1. The minimum atomic E-state index is -3.76. The van der Waals surface area contributed by atoms with E-state index in [1.54, 1.807) is 7.05 Å². The Morgan fingerprint density at radius 2 is 1.77 bits per heavy atom. The van der Waals surface area contributed by atoms with E-state index in [0.29, 0.717) is 13.2 Å². The van der Waals surface area contributed by atoms with Gasteiger partial charge >= 0.3 is 0 Å². The molecule has 1 N–H and O–H groups in total. The number of sulfonamides is 1.